The Morgan fingerprint density at radius 3 is 2.23 bits per heavy atom. The van der Waals surface area contributed by atoms with E-state index in [9.17, 15) is 4.79 Å². The van der Waals surface area contributed by atoms with Gasteiger partial charge in [-0.05, 0) is 25.4 Å². The highest BCUT2D eigenvalue weighted by Crippen LogP contribution is 2.42. The lowest BCUT2D eigenvalue weighted by Gasteiger charge is -2.08. The molecule has 0 unspecified atom stereocenters. The van der Waals surface area contributed by atoms with Crippen LogP contribution < -0.4 is 0 Å². The number of nitrogens with zero attached hydrogens (tertiary/aromatic N) is 1. The van der Waals surface area contributed by atoms with Gasteiger partial charge in [0.15, 0.2) is 5.54 Å². The number of esters is 1. The van der Waals surface area contributed by atoms with Crippen LogP contribution in [-0.4, -0.2) is 35.5 Å². The smallest absolute Gasteiger partial charge is 0.333 e. The largest absolute Gasteiger partial charge is 0.467 e. The Balaban J connectivity index is 2.71. The van der Waals surface area contributed by atoms with E-state index in [0.717, 1.165) is 17.2 Å². The molecule has 0 saturated heterocycles. The van der Waals surface area contributed by atoms with Crippen LogP contribution in [0.15, 0.2) is 4.99 Å². The van der Waals surface area contributed by atoms with Gasteiger partial charge in [-0.15, -0.1) is 23.5 Å². The predicted molar refractivity (Wildman–Crippen MR) is 58.4 cm³/mol. The van der Waals surface area contributed by atoms with Crippen LogP contribution in [0.4, 0.5) is 0 Å². The molecular formula is C8H13NO2S2. The Bertz CT molecular complexity index is 230. The topological polar surface area (TPSA) is 38.7 Å². The lowest BCUT2D eigenvalue weighted by atomic mass is 10.3. The summed E-state index contributed by atoms with van der Waals surface area (Å²) in [6.45, 7) is 0. The van der Waals surface area contributed by atoms with Gasteiger partial charge >= 0.3 is 5.97 Å². The van der Waals surface area contributed by atoms with E-state index in [4.69, 9.17) is 4.74 Å². The quantitative estimate of drug-likeness (QED) is 0.403. The van der Waals surface area contributed by atoms with Crippen LogP contribution in [-0.2, 0) is 9.53 Å². The Morgan fingerprint density at radius 2 is 1.92 bits per heavy atom. The molecule has 0 aliphatic heterocycles. The zero-order valence-electron chi connectivity index (χ0n) is 7.99. The fourth-order valence-corrected chi connectivity index (χ4v) is 2.22. The first-order valence-electron chi connectivity index (χ1n) is 3.95. The van der Waals surface area contributed by atoms with Gasteiger partial charge < -0.3 is 4.74 Å². The Morgan fingerprint density at radius 1 is 1.38 bits per heavy atom. The van der Waals surface area contributed by atoms with E-state index >= 15 is 0 Å². The summed E-state index contributed by atoms with van der Waals surface area (Å²) < 4.78 is 5.65. The molecule has 0 heterocycles. The van der Waals surface area contributed by atoms with Gasteiger partial charge in [0.2, 0.25) is 0 Å². The Labute approximate surface area is 86.7 Å². The summed E-state index contributed by atoms with van der Waals surface area (Å²) in [6, 6.07) is 0. The summed E-state index contributed by atoms with van der Waals surface area (Å²) in [5.41, 5.74) is -0.532. The zero-order valence-corrected chi connectivity index (χ0v) is 9.63. The minimum absolute atomic E-state index is 0.201. The molecule has 1 rings (SSSR count). The summed E-state index contributed by atoms with van der Waals surface area (Å²) in [6.07, 6.45) is 5.57. The molecule has 3 nitrogen and oxygen atoms in total. The lowest BCUT2D eigenvalue weighted by Crippen LogP contribution is -2.22. The number of aliphatic imine (C=N–C) groups is 1. The van der Waals surface area contributed by atoms with Gasteiger partial charge in [0.1, 0.15) is 4.38 Å². The molecule has 0 bridgehead atoms. The van der Waals surface area contributed by atoms with Crippen molar-refractivity contribution in [1.82, 2.24) is 0 Å². The van der Waals surface area contributed by atoms with E-state index in [2.05, 4.69) is 4.99 Å². The van der Waals surface area contributed by atoms with Crippen molar-refractivity contribution >= 4 is 33.9 Å². The third-order valence-electron chi connectivity index (χ3n) is 1.94. The van der Waals surface area contributed by atoms with Crippen molar-refractivity contribution in [2.24, 2.45) is 4.99 Å². The normalized spacial score (nSPS) is 17.8. The molecule has 0 atom stereocenters. The molecule has 1 aliphatic rings. The van der Waals surface area contributed by atoms with Gasteiger partial charge in [-0.2, -0.15) is 0 Å². The van der Waals surface area contributed by atoms with Gasteiger partial charge in [-0.25, -0.2) is 4.79 Å². The molecule has 5 heteroatoms. The maximum absolute atomic E-state index is 11.3. The van der Waals surface area contributed by atoms with Crippen molar-refractivity contribution in [3.8, 4) is 0 Å². The van der Waals surface area contributed by atoms with Crippen molar-refractivity contribution in [3.63, 3.8) is 0 Å². The highest BCUT2D eigenvalue weighted by Gasteiger charge is 2.51. The Kier molecular flexibility index (Phi) is 3.67. The second-order valence-corrected chi connectivity index (χ2v) is 4.66. The number of rotatable bonds is 2. The SMILES string of the molecule is COC(=O)C1(N=C(SC)SC)CC1. The number of ether oxygens (including phenoxy) is 1. The average molecular weight is 219 g/mol. The van der Waals surface area contributed by atoms with Crippen LogP contribution in [0.1, 0.15) is 12.8 Å². The maximum atomic E-state index is 11.3. The summed E-state index contributed by atoms with van der Waals surface area (Å²) >= 11 is 3.14. The second kappa shape index (κ2) is 4.37. The van der Waals surface area contributed by atoms with Gasteiger partial charge in [-0.3, -0.25) is 4.99 Å². The van der Waals surface area contributed by atoms with E-state index in [-0.39, 0.29) is 5.97 Å². The van der Waals surface area contributed by atoms with Crippen LogP contribution in [0, 0.1) is 0 Å². The molecule has 1 saturated carbocycles. The van der Waals surface area contributed by atoms with Crippen LogP contribution in [0.5, 0.6) is 0 Å². The standard InChI is InChI=1S/C8H13NO2S2/c1-11-6(10)8(4-5-8)9-7(12-2)13-3/h4-5H2,1-3H3. The van der Waals surface area contributed by atoms with Crippen molar-refractivity contribution in [2.45, 2.75) is 18.4 Å². The predicted octanol–water partition coefficient (Wildman–Crippen LogP) is 1.77. The molecule has 74 valence electrons. The van der Waals surface area contributed by atoms with Crippen molar-refractivity contribution in [2.75, 3.05) is 19.6 Å². The summed E-state index contributed by atoms with van der Waals surface area (Å²) in [5, 5.41) is 0. The highest BCUT2D eigenvalue weighted by atomic mass is 32.2. The summed E-state index contributed by atoms with van der Waals surface area (Å²) in [7, 11) is 1.41. The highest BCUT2D eigenvalue weighted by molar-refractivity contribution is 8.38. The first-order valence-corrected chi connectivity index (χ1v) is 6.40. The molecule has 0 radical (unpaired) electrons. The molecule has 0 aromatic rings. The zero-order chi connectivity index (χ0) is 9.90. The molecule has 13 heavy (non-hydrogen) atoms. The van der Waals surface area contributed by atoms with Gasteiger partial charge in [0, 0.05) is 0 Å². The van der Waals surface area contributed by atoms with E-state index in [1.54, 1.807) is 23.5 Å². The lowest BCUT2D eigenvalue weighted by molar-refractivity contribution is -0.143. The Hall–Kier alpha value is -0.160. The van der Waals surface area contributed by atoms with E-state index in [0.29, 0.717) is 0 Å². The number of hydrogen-bond donors (Lipinski definition) is 0. The second-order valence-electron chi connectivity index (χ2n) is 2.81. The van der Waals surface area contributed by atoms with Gasteiger partial charge in [0.25, 0.3) is 0 Å². The molecule has 0 aromatic heterocycles. The van der Waals surface area contributed by atoms with Crippen molar-refractivity contribution < 1.29 is 9.53 Å². The molecular weight excluding hydrogens is 206 g/mol. The van der Waals surface area contributed by atoms with E-state index in [1.165, 1.54) is 7.11 Å². The summed E-state index contributed by atoms with van der Waals surface area (Å²) in [5.74, 6) is -0.201. The number of carbonyl (C=O) groups is 1. The summed E-state index contributed by atoms with van der Waals surface area (Å²) in [4.78, 5) is 15.7. The van der Waals surface area contributed by atoms with Crippen LogP contribution in [0.2, 0.25) is 0 Å². The van der Waals surface area contributed by atoms with Gasteiger partial charge in [-0.1, -0.05) is 0 Å². The molecule has 1 fully saturated rings. The minimum Gasteiger partial charge on any atom is -0.467 e. The molecule has 0 amide bonds. The maximum Gasteiger partial charge on any atom is 0.333 e. The van der Waals surface area contributed by atoms with Crippen LogP contribution >= 0.6 is 23.5 Å². The van der Waals surface area contributed by atoms with E-state index in [1.807, 2.05) is 12.5 Å². The molecule has 0 spiro atoms. The fourth-order valence-electron chi connectivity index (χ4n) is 1.02. The molecule has 0 aromatic carbocycles. The average Bonchev–Trinajstić information content (AvgIpc) is 2.94. The molecule has 0 N–H and O–H groups in total. The van der Waals surface area contributed by atoms with E-state index < -0.39 is 5.54 Å². The number of hydrogen-bond acceptors (Lipinski definition) is 5. The minimum atomic E-state index is -0.532. The number of methoxy groups -OCH3 is 1. The fraction of sp³-hybridized carbons (Fsp3) is 0.750. The van der Waals surface area contributed by atoms with Crippen LogP contribution in [0.3, 0.4) is 0 Å². The van der Waals surface area contributed by atoms with Crippen molar-refractivity contribution in [3.05, 3.63) is 0 Å². The third kappa shape index (κ3) is 2.40. The van der Waals surface area contributed by atoms with Gasteiger partial charge in [0.05, 0.1) is 7.11 Å². The van der Waals surface area contributed by atoms with Crippen LogP contribution in [0.25, 0.3) is 0 Å². The molecule has 1 aliphatic carbocycles. The number of carbonyl (C=O) groups excluding carboxylic acids is 1. The third-order valence-corrected chi connectivity index (χ3v) is 3.82. The monoisotopic (exact) mass is 219 g/mol. The first-order chi connectivity index (χ1) is 6.18. The number of thioether (sulfide) groups is 2. The van der Waals surface area contributed by atoms with Crippen molar-refractivity contribution in [1.29, 1.82) is 0 Å². The first kappa shape index (κ1) is 10.9.